The third-order valence-electron chi connectivity index (χ3n) is 3.16. The lowest BCUT2D eigenvalue weighted by atomic mass is 10.2. The van der Waals surface area contributed by atoms with Crippen LogP contribution in [0.1, 0.15) is 11.1 Å². The van der Waals surface area contributed by atoms with Crippen LogP contribution in [0.2, 0.25) is 0 Å². The number of aryl methyl sites for hydroxylation is 1. The van der Waals surface area contributed by atoms with Crippen LogP contribution >= 0.6 is 11.3 Å². The summed E-state index contributed by atoms with van der Waals surface area (Å²) in [4.78, 5) is 3.90. The highest BCUT2D eigenvalue weighted by molar-refractivity contribution is 7.17. The van der Waals surface area contributed by atoms with Crippen molar-refractivity contribution < 1.29 is 8.81 Å². The number of hydrogen-bond acceptors (Lipinski definition) is 3. The van der Waals surface area contributed by atoms with Gasteiger partial charge in [-0.15, -0.1) is 11.3 Å². The number of thiophene rings is 1. The van der Waals surface area contributed by atoms with Gasteiger partial charge in [0.2, 0.25) is 0 Å². The summed E-state index contributed by atoms with van der Waals surface area (Å²) in [5, 5.41) is 3.49. The van der Waals surface area contributed by atoms with Crippen LogP contribution in [0.5, 0.6) is 0 Å². The van der Waals surface area contributed by atoms with Gasteiger partial charge in [0.25, 0.3) is 0 Å². The van der Waals surface area contributed by atoms with E-state index in [0.29, 0.717) is 11.1 Å². The molecule has 0 amide bonds. The molecule has 0 bridgehead atoms. The normalized spacial score (nSPS) is 10.6. The van der Waals surface area contributed by atoms with E-state index in [0.717, 1.165) is 5.52 Å². The zero-order valence-electron chi connectivity index (χ0n) is 11.5. The molecule has 0 saturated heterocycles. The SMILES string of the molecule is Cc1ccc2ccsc2c1.FCc1ccc2ncoc2c1. The van der Waals surface area contributed by atoms with Gasteiger partial charge in [0.15, 0.2) is 12.0 Å². The average Bonchev–Trinajstić information content (AvgIpc) is 3.15. The number of fused-ring (bicyclic) bond motifs is 2. The first kappa shape index (κ1) is 13.8. The quantitative estimate of drug-likeness (QED) is 0.463. The van der Waals surface area contributed by atoms with E-state index in [2.05, 4.69) is 41.6 Å². The second kappa shape index (κ2) is 6.06. The molecule has 4 heteroatoms. The van der Waals surface area contributed by atoms with Crippen LogP contribution in [0.25, 0.3) is 21.2 Å². The number of nitrogens with zero attached hydrogens (tertiary/aromatic N) is 1. The summed E-state index contributed by atoms with van der Waals surface area (Å²) >= 11 is 1.80. The third-order valence-corrected chi connectivity index (χ3v) is 4.04. The Bertz CT molecular complexity index is 865. The molecule has 2 aromatic heterocycles. The topological polar surface area (TPSA) is 26.0 Å². The minimum absolute atomic E-state index is 0.462. The van der Waals surface area contributed by atoms with Crippen molar-refractivity contribution in [1.82, 2.24) is 4.98 Å². The minimum Gasteiger partial charge on any atom is -0.443 e. The molecule has 21 heavy (non-hydrogen) atoms. The minimum atomic E-state index is -0.462. The summed E-state index contributed by atoms with van der Waals surface area (Å²) in [5.74, 6) is 0. The Hall–Kier alpha value is -2.20. The molecule has 2 aromatic carbocycles. The second-order valence-electron chi connectivity index (χ2n) is 4.75. The van der Waals surface area contributed by atoms with Gasteiger partial charge in [0.05, 0.1) is 0 Å². The van der Waals surface area contributed by atoms with Gasteiger partial charge in [0.1, 0.15) is 12.2 Å². The molecule has 2 nitrogen and oxygen atoms in total. The van der Waals surface area contributed by atoms with Crippen LogP contribution < -0.4 is 0 Å². The van der Waals surface area contributed by atoms with E-state index in [1.807, 2.05) is 0 Å². The molecule has 0 radical (unpaired) electrons. The van der Waals surface area contributed by atoms with Crippen molar-refractivity contribution >= 4 is 32.5 Å². The van der Waals surface area contributed by atoms with E-state index in [4.69, 9.17) is 4.42 Å². The molecular formula is C17H14FNOS. The Balaban J connectivity index is 0.000000126. The lowest BCUT2D eigenvalue weighted by Crippen LogP contribution is -1.76. The van der Waals surface area contributed by atoms with Crippen LogP contribution in [0.4, 0.5) is 4.39 Å². The molecule has 0 atom stereocenters. The maximum Gasteiger partial charge on any atom is 0.181 e. The van der Waals surface area contributed by atoms with Crippen LogP contribution in [-0.4, -0.2) is 4.98 Å². The molecule has 0 spiro atoms. The molecule has 2 heterocycles. The molecule has 0 fully saturated rings. The van der Waals surface area contributed by atoms with Crippen molar-refractivity contribution in [2.24, 2.45) is 0 Å². The van der Waals surface area contributed by atoms with E-state index in [9.17, 15) is 4.39 Å². The summed E-state index contributed by atoms with van der Waals surface area (Å²) in [7, 11) is 0. The lowest BCUT2D eigenvalue weighted by molar-refractivity contribution is 0.485. The Morgan fingerprint density at radius 2 is 2.05 bits per heavy atom. The fraction of sp³-hybridized carbons (Fsp3) is 0.118. The van der Waals surface area contributed by atoms with E-state index in [1.54, 1.807) is 29.5 Å². The molecule has 106 valence electrons. The largest absolute Gasteiger partial charge is 0.443 e. The zero-order chi connectivity index (χ0) is 14.7. The van der Waals surface area contributed by atoms with Crippen molar-refractivity contribution in [3.63, 3.8) is 0 Å². The number of benzene rings is 2. The van der Waals surface area contributed by atoms with E-state index < -0.39 is 6.67 Å². The monoisotopic (exact) mass is 299 g/mol. The Morgan fingerprint density at radius 1 is 1.14 bits per heavy atom. The standard InChI is InChI=1S/C9H8S.C8H6FNO/c1-7-2-3-8-4-5-10-9(8)6-7;9-4-6-1-2-7-8(3-6)11-5-10-7/h2-6H,1H3;1-3,5H,4H2. The van der Waals surface area contributed by atoms with Crippen LogP contribution in [-0.2, 0) is 6.67 Å². The molecule has 0 unspecified atom stereocenters. The van der Waals surface area contributed by atoms with Crippen molar-refractivity contribution in [3.8, 4) is 0 Å². The molecule has 4 rings (SSSR count). The van der Waals surface area contributed by atoms with Gasteiger partial charge in [-0.3, -0.25) is 0 Å². The first-order chi connectivity index (χ1) is 10.3. The summed E-state index contributed by atoms with van der Waals surface area (Å²) in [6, 6.07) is 13.8. The van der Waals surface area contributed by atoms with Crippen molar-refractivity contribution in [3.05, 3.63) is 65.4 Å². The smallest absolute Gasteiger partial charge is 0.181 e. The first-order valence-electron chi connectivity index (χ1n) is 6.58. The number of aromatic nitrogens is 1. The molecule has 4 aromatic rings. The number of hydrogen-bond donors (Lipinski definition) is 0. The van der Waals surface area contributed by atoms with Gasteiger partial charge in [-0.1, -0.05) is 18.2 Å². The maximum atomic E-state index is 12.1. The molecule has 0 saturated carbocycles. The Labute approximate surface area is 125 Å². The fourth-order valence-electron chi connectivity index (χ4n) is 2.04. The van der Waals surface area contributed by atoms with Gasteiger partial charge in [-0.25, -0.2) is 9.37 Å². The van der Waals surface area contributed by atoms with Crippen molar-refractivity contribution in [1.29, 1.82) is 0 Å². The molecular weight excluding hydrogens is 285 g/mol. The zero-order valence-corrected chi connectivity index (χ0v) is 12.4. The number of rotatable bonds is 1. The molecule has 0 aliphatic rings. The molecule has 0 aliphatic carbocycles. The van der Waals surface area contributed by atoms with Gasteiger partial charge < -0.3 is 4.42 Å². The summed E-state index contributed by atoms with van der Waals surface area (Å²) < 4.78 is 18.5. The summed E-state index contributed by atoms with van der Waals surface area (Å²) in [5.41, 5.74) is 3.37. The average molecular weight is 299 g/mol. The van der Waals surface area contributed by atoms with Crippen LogP contribution in [0.3, 0.4) is 0 Å². The van der Waals surface area contributed by atoms with E-state index in [-0.39, 0.29) is 0 Å². The first-order valence-corrected chi connectivity index (χ1v) is 7.46. The van der Waals surface area contributed by atoms with E-state index in [1.165, 1.54) is 22.0 Å². The summed E-state index contributed by atoms with van der Waals surface area (Å²) in [6.45, 7) is 1.66. The number of alkyl halides is 1. The van der Waals surface area contributed by atoms with Crippen LogP contribution in [0.15, 0.2) is 58.7 Å². The molecule has 0 N–H and O–H groups in total. The van der Waals surface area contributed by atoms with E-state index >= 15 is 0 Å². The maximum absolute atomic E-state index is 12.1. The van der Waals surface area contributed by atoms with Gasteiger partial charge in [-0.2, -0.15) is 0 Å². The van der Waals surface area contributed by atoms with Gasteiger partial charge in [-0.05, 0) is 53.1 Å². The fourth-order valence-corrected chi connectivity index (χ4v) is 2.93. The highest BCUT2D eigenvalue weighted by atomic mass is 32.1. The molecule has 0 aliphatic heterocycles. The predicted molar refractivity (Wildman–Crippen MR) is 85.4 cm³/mol. The highest BCUT2D eigenvalue weighted by Crippen LogP contribution is 2.21. The second-order valence-corrected chi connectivity index (χ2v) is 5.70. The van der Waals surface area contributed by atoms with Gasteiger partial charge >= 0.3 is 0 Å². The highest BCUT2D eigenvalue weighted by Gasteiger charge is 1.98. The van der Waals surface area contributed by atoms with Crippen LogP contribution in [0, 0.1) is 6.92 Å². The van der Waals surface area contributed by atoms with Crippen molar-refractivity contribution in [2.45, 2.75) is 13.6 Å². The number of oxazole rings is 1. The summed E-state index contributed by atoms with van der Waals surface area (Å²) in [6.07, 6.45) is 1.35. The Morgan fingerprint density at radius 3 is 2.90 bits per heavy atom. The third kappa shape index (κ3) is 3.11. The lowest BCUT2D eigenvalue weighted by Gasteiger charge is -1.90. The Kier molecular flexibility index (Phi) is 3.97. The number of halogens is 1. The van der Waals surface area contributed by atoms with Gasteiger partial charge in [0, 0.05) is 4.70 Å². The predicted octanol–water partition coefficient (Wildman–Crippen LogP) is 5.51. The van der Waals surface area contributed by atoms with Crippen molar-refractivity contribution in [2.75, 3.05) is 0 Å².